The fraction of sp³-hybridized carbons (Fsp3) is 0.0588. The van der Waals surface area contributed by atoms with Crippen molar-refractivity contribution in [1.29, 1.82) is 0 Å². The first kappa shape index (κ1) is 12.2. The van der Waals surface area contributed by atoms with E-state index in [0.717, 1.165) is 5.56 Å². The highest BCUT2D eigenvalue weighted by Gasteiger charge is 2.10. The first-order chi connectivity index (χ1) is 9.34. The van der Waals surface area contributed by atoms with E-state index in [1.165, 1.54) is 16.0 Å². The average molecular weight is 265 g/mol. The Bertz CT molecular complexity index is 644. The van der Waals surface area contributed by atoms with Gasteiger partial charge in [0.15, 0.2) is 0 Å². The van der Waals surface area contributed by atoms with Crippen LogP contribution in [0.3, 0.4) is 0 Å². The van der Waals surface area contributed by atoms with Crippen LogP contribution in [0.25, 0.3) is 11.1 Å². The molecule has 1 nitrogen and oxygen atoms in total. The van der Waals surface area contributed by atoms with Crippen LogP contribution in [0.2, 0.25) is 0 Å². The predicted octanol–water partition coefficient (Wildman–Crippen LogP) is 4.46. The molecule has 0 aliphatic carbocycles. The summed E-state index contributed by atoms with van der Waals surface area (Å²) in [4.78, 5) is 1.20. The van der Waals surface area contributed by atoms with Gasteiger partial charge in [-0.05, 0) is 34.2 Å². The molecule has 2 N–H and O–H groups in total. The van der Waals surface area contributed by atoms with Gasteiger partial charge in [-0.25, -0.2) is 0 Å². The van der Waals surface area contributed by atoms with E-state index in [0.29, 0.717) is 0 Å². The molecule has 3 aromatic rings. The third-order valence-electron chi connectivity index (χ3n) is 3.20. The number of benzene rings is 2. The maximum atomic E-state index is 6.32. The Hall–Kier alpha value is -1.90. The van der Waals surface area contributed by atoms with Gasteiger partial charge in [0, 0.05) is 4.88 Å². The van der Waals surface area contributed by atoms with Crippen LogP contribution < -0.4 is 5.73 Å². The highest BCUT2D eigenvalue weighted by atomic mass is 32.1. The zero-order chi connectivity index (χ0) is 13.1. The lowest BCUT2D eigenvalue weighted by Crippen LogP contribution is -2.09. The van der Waals surface area contributed by atoms with Crippen molar-refractivity contribution in [2.24, 2.45) is 5.73 Å². The molecule has 0 aliphatic heterocycles. The molecule has 19 heavy (non-hydrogen) atoms. The maximum Gasteiger partial charge on any atom is 0.0646 e. The Morgan fingerprint density at radius 1 is 0.789 bits per heavy atom. The molecule has 1 aromatic heterocycles. The summed E-state index contributed by atoms with van der Waals surface area (Å²) in [6.45, 7) is 0. The summed E-state index contributed by atoms with van der Waals surface area (Å²) in [5, 5.41) is 2.07. The average Bonchev–Trinajstić information content (AvgIpc) is 3.02. The van der Waals surface area contributed by atoms with E-state index in [4.69, 9.17) is 5.73 Å². The van der Waals surface area contributed by atoms with E-state index in [1.807, 2.05) is 12.1 Å². The van der Waals surface area contributed by atoms with Gasteiger partial charge < -0.3 is 5.73 Å². The Labute approximate surface area is 117 Å². The number of nitrogens with two attached hydrogens (primary N) is 1. The first-order valence-corrected chi connectivity index (χ1v) is 7.17. The summed E-state index contributed by atoms with van der Waals surface area (Å²) < 4.78 is 0. The Morgan fingerprint density at radius 2 is 1.58 bits per heavy atom. The molecular formula is C17H15NS. The molecule has 0 amide bonds. The summed E-state index contributed by atoms with van der Waals surface area (Å²) in [7, 11) is 0. The number of hydrogen-bond acceptors (Lipinski definition) is 2. The van der Waals surface area contributed by atoms with Crippen LogP contribution in [-0.4, -0.2) is 0 Å². The molecule has 0 bridgehead atoms. The lowest BCUT2D eigenvalue weighted by atomic mass is 9.99. The van der Waals surface area contributed by atoms with Gasteiger partial charge in [-0.15, -0.1) is 11.3 Å². The van der Waals surface area contributed by atoms with E-state index in [9.17, 15) is 0 Å². The molecule has 2 heteroatoms. The highest BCUT2D eigenvalue weighted by molar-refractivity contribution is 7.10. The van der Waals surface area contributed by atoms with Crippen molar-refractivity contribution in [2.45, 2.75) is 6.04 Å². The van der Waals surface area contributed by atoms with E-state index < -0.39 is 0 Å². The molecule has 0 radical (unpaired) electrons. The summed E-state index contributed by atoms with van der Waals surface area (Å²) in [5.41, 5.74) is 9.91. The van der Waals surface area contributed by atoms with Crippen molar-refractivity contribution in [2.75, 3.05) is 0 Å². The van der Waals surface area contributed by atoms with Gasteiger partial charge in [-0.2, -0.15) is 0 Å². The molecule has 0 aliphatic rings. The summed E-state index contributed by atoms with van der Waals surface area (Å²) in [5.74, 6) is 0. The van der Waals surface area contributed by atoms with Crippen molar-refractivity contribution in [3.63, 3.8) is 0 Å². The zero-order valence-corrected chi connectivity index (χ0v) is 11.3. The molecule has 0 saturated carbocycles. The van der Waals surface area contributed by atoms with E-state index >= 15 is 0 Å². The molecule has 94 valence electrons. The standard InChI is InChI=1S/C17H15NS/c18-17(16-10-5-11-19-16)15-9-4-8-14(12-15)13-6-2-1-3-7-13/h1-12,17H,18H2/t17-/m0/s1. The van der Waals surface area contributed by atoms with Crippen LogP contribution in [0.4, 0.5) is 0 Å². The highest BCUT2D eigenvalue weighted by Crippen LogP contribution is 2.27. The largest absolute Gasteiger partial charge is 0.320 e. The van der Waals surface area contributed by atoms with Crippen molar-refractivity contribution < 1.29 is 0 Å². The van der Waals surface area contributed by atoms with Crippen LogP contribution >= 0.6 is 11.3 Å². The minimum atomic E-state index is -0.0383. The van der Waals surface area contributed by atoms with Gasteiger partial charge in [0.25, 0.3) is 0 Å². The summed E-state index contributed by atoms with van der Waals surface area (Å²) in [6, 6.07) is 23.0. The number of thiophene rings is 1. The Kier molecular flexibility index (Phi) is 3.45. The molecule has 0 fully saturated rings. The molecule has 1 atom stereocenters. The summed E-state index contributed by atoms with van der Waals surface area (Å²) >= 11 is 1.70. The topological polar surface area (TPSA) is 26.0 Å². The Morgan fingerprint density at radius 3 is 2.32 bits per heavy atom. The third-order valence-corrected chi connectivity index (χ3v) is 4.16. The number of hydrogen-bond donors (Lipinski definition) is 1. The molecular weight excluding hydrogens is 250 g/mol. The van der Waals surface area contributed by atoms with Gasteiger partial charge in [-0.3, -0.25) is 0 Å². The minimum absolute atomic E-state index is 0.0383. The quantitative estimate of drug-likeness (QED) is 0.743. The van der Waals surface area contributed by atoms with Crippen LogP contribution in [0.1, 0.15) is 16.5 Å². The molecule has 3 rings (SSSR count). The second kappa shape index (κ2) is 5.39. The minimum Gasteiger partial charge on any atom is -0.320 e. The smallest absolute Gasteiger partial charge is 0.0646 e. The van der Waals surface area contributed by atoms with Crippen LogP contribution in [0, 0.1) is 0 Å². The fourth-order valence-corrected chi connectivity index (χ4v) is 2.93. The van der Waals surface area contributed by atoms with Crippen LogP contribution in [0.5, 0.6) is 0 Å². The van der Waals surface area contributed by atoms with E-state index in [2.05, 4.69) is 60.0 Å². The second-order valence-electron chi connectivity index (χ2n) is 4.48. The maximum absolute atomic E-state index is 6.32. The molecule has 0 spiro atoms. The Balaban J connectivity index is 1.97. The molecule has 0 unspecified atom stereocenters. The monoisotopic (exact) mass is 265 g/mol. The zero-order valence-electron chi connectivity index (χ0n) is 10.5. The van der Waals surface area contributed by atoms with Gasteiger partial charge >= 0.3 is 0 Å². The van der Waals surface area contributed by atoms with Crippen molar-refractivity contribution >= 4 is 11.3 Å². The molecule has 2 aromatic carbocycles. The number of rotatable bonds is 3. The van der Waals surface area contributed by atoms with Crippen LogP contribution in [0.15, 0.2) is 72.1 Å². The normalized spacial score (nSPS) is 12.3. The molecule has 0 saturated heterocycles. The predicted molar refractivity (Wildman–Crippen MR) is 82.2 cm³/mol. The SMILES string of the molecule is N[C@@H](c1cccc(-c2ccccc2)c1)c1cccs1. The lowest BCUT2D eigenvalue weighted by Gasteiger charge is -2.12. The lowest BCUT2D eigenvalue weighted by molar-refractivity contribution is 0.894. The van der Waals surface area contributed by atoms with Gasteiger partial charge in [0.1, 0.15) is 0 Å². The van der Waals surface area contributed by atoms with Crippen molar-refractivity contribution in [3.8, 4) is 11.1 Å². The van der Waals surface area contributed by atoms with Gasteiger partial charge in [0.05, 0.1) is 6.04 Å². The van der Waals surface area contributed by atoms with E-state index in [1.54, 1.807) is 11.3 Å². The first-order valence-electron chi connectivity index (χ1n) is 6.29. The summed E-state index contributed by atoms with van der Waals surface area (Å²) in [6.07, 6.45) is 0. The molecule has 1 heterocycles. The van der Waals surface area contributed by atoms with Gasteiger partial charge in [-0.1, -0.05) is 54.6 Å². The van der Waals surface area contributed by atoms with Gasteiger partial charge in [0.2, 0.25) is 0 Å². The van der Waals surface area contributed by atoms with E-state index in [-0.39, 0.29) is 6.04 Å². The fourth-order valence-electron chi connectivity index (χ4n) is 2.17. The third kappa shape index (κ3) is 2.60. The second-order valence-corrected chi connectivity index (χ2v) is 5.46. The van der Waals surface area contributed by atoms with Crippen molar-refractivity contribution in [3.05, 3.63) is 82.6 Å². The van der Waals surface area contributed by atoms with Crippen molar-refractivity contribution in [1.82, 2.24) is 0 Å². The van der Waals surface area contributed by atoms with Crippen LogP contribution in [-0.2, 0) is 0 Å².